The Labute approximate surface area is 174 Å². The zero-order valence-electron chi connectivity index (χ0n) is 16.5. The molecule has 0 radical (unpaired) electrons. The van der Waals surface area contributed by atoms with Crippen LogP contribution >= 0.6 is 11.3 Å². The summed E-state index contributed by atoms with van der Waals surface area (Å²) in [5.41, 5.74) is 0.814. The molecule has 2 aromatic heterocycles. The molecular weight excluding hydrogens is 410 g/mol. The Morgan fingerprint density at radius 1 is 1.24 bits per heavy atom. The number of aromatic nitrogens is 1. The van der Waals surface area contributed by atoms with Crippen LogP contribution in [0.1, 0.15) is 35.1 Å². The van der Waals surface area contributed by atoms with Crippen molar-refractivity contribution in [2.24, 2.45) is 0 Å². The smallest absolute Gasteiger partial charge is 0.275 e. The largest absolute Gasteiger partial charge is 0.462 e. The number of furan rings is 1. The van der Waals surface area contributed by atoms with Gasteiger partial charge in [0.05, 0.1) is 11.2 Å². The summed E-state index contributed by atoms with van der Waals surface area (Å²) in [6, 6.07) is 9.70. The number of carbonyl (C=O) groups is 1. The number of aryl methyl sites for hydroxylation is 1. The second-order valence-electron chi connectivity index (χ2n) is 6.56. The van der Waals surface area contributed by atoms with E-state index in [9.17, 15) is 13.2 Å². The summed E-state index contributed by atoms with van der Waals surface area (Å²) in [5, 5.41) is 3.40. The molecule has 1 amide bonds. The van der Waals surface area contributed by atoms with E-state index in [2.05, 4.69) is 10.3 Å². The number of thiazole rings is 1. The predicted molar refractivity (Wildman–Crippen MR) is 114 cm³/mol. The van der Waals surface area contributed by atoms with Gasteiger partial charge >= 0.3 is 0 Å². The Morgan fingerprint density at radius 2 is 1.97 bits per heavy atom. The van der Waals surface area contributed by atoms with Gasteiger partial charge in [-0.2, -0.15) is 0 Å². The van der Waals surface area contributed by atoms with Gasteiger partial charge in [0.15, 0.2) is 10.8 Å². The first-order chi connectivity index (χ1) is 13.8. The van der Waals surface area contributed by atoms with Crippen molar-refractivity contribution < 1.29 is 17.6 Å². The number of nitrogens with one attached hydrogen (secondary N) is 1. The lowest BCUT2D eigenvalue weighted by Gasteiger charge is -2.17. The number of sulfonamides is 1. The quantitative estimate of drug-likeness (QED) is 0.569. The number of unbranched alkanes of at least 4 members (excludes halogenated alkanes) is 1. The minimum Gasteiger partial charge on any atom is -0.462 e. The minimum absolute atomic E-state index is 0.194. The van der Waals surface area contributed by atoms with Crippen molar-refractivity contribution in [3.05, 3.63) is 53.2 Å². The molecule has 3 rings (SSSR count). The fourth-order valence-electron chi connectivity index (χ4n) is 2.69. The molecule has 0 aliphatic rings. The van der Waals surface area contributed by atoms with Gasteiger partial charge in [0.1, 0.15) is 5.69 Å². The van der Waals surface area contributed by atoms with Crippen LogP contribution in [0.2, 0.25) is 0 Å². The normalized spacial score (nSPS) is 11.7. The topological polar surface area (TPSA) is 92.5 Å². The third-order valence-electron chi connectivity index (χ3n) is 4.39. The second-order valence-corrected chi connectivity index (χ2v) is 9.81. The van der Waals surface area contributed by atoms with E-state index in [0.717, 1.165) is 17.7 Å². The van der Waals surface area contributed by atoms with Crippen molar-refractivity contribution in [2.75, 3.05) is 18.9 Å². The van der Waals surface area contributed by atoms with Crippen LogP contribution in [0.25, 0.3) is 10.8 Å². The van der Waals surface area contributed by atoms with Crippen LogP contribution in [0.3, 0.4) is 0 Å². The van der Waals surface area contributed by atoms with Crippen molar-refractivity contribution in [3.8, 4) is 10.8 Å². The molecule has 0 saturated carbocycles. The standard InChI is InChI=1S/C20H23N3O4S2/c1-4-5-12-23(3)29(25,26)16-10-8-15(9-11-16)21-19(24)18-14(2)28-20(22-18)17-7-6-13-27-17/h6-11,13H,4-5,12H2,1-3H3,(H,21,24). The fourth-order valence-corrected chi connectivity index (χ4v) is 4.78. The Bertz CT molecular complexity index is 1070. The van der Waals surface area contributed by atoms with E-state index in [1.807, 2.05) is 13.8 Å². The molecule has 9 heteroatoms. The lowest BCUT2D eigenvalue weighted by molar-refractivity contribution is 0.102. The van der Waals surface area contributed by atoms with Gasteiger partial charge in [0.25, 0.3) is 5.91 Å². The summed E-state index contributed by atoms with van der Waals surface area (Å²) < 4.78 is 31.8. The number of benzene rings is 1. The average Bonchev–Trinajstić information content (AvgIpc) is 3.36. The molecule has 0 bridgehead atoms. The number of carbonyl (C=O) groups excluding carboxylic acids is 1. The zero-order valence-corrected chi connectivity index (χ0v) is 18.1. The van der Waals surface area contributed by atoms with Crippen LogP contribution in [-0.4, -0.2) is 37.2 Å². The molecule has 0 aliphatic heterocycles. The first-order valence-electron chi connectivity index (χ1n) is 9.22. The summed E-state index contributed by atoms with van der Waals surface area (Å²) in [6.07, 6.45) is 3.28. The van der Waals surface area contributed by atoms with Gasteiger partial charge in [0, 0.05) is 24.2 Å². The van der Waals surface area contributed by atoms with Gasteiger partial charge in [-0.3, -0.25) is 4.79 Å². The van der Waals surface area contributed by atoms with Crippen LogP contribution in [-0.2, 0) is 10.0 Å². The molecule has 0 spiro atoms. The summed E-state index contributed by atoms with van der Waals surface area (Å²) in [4.78, 5) is 17.9. The first kappa shape index (κ1) is 21.2. The molecule has 0 saturated heterocycles. The third-order valence-corrected chi connectivity index (χ3v) is 7.25. The van der Waals surface area contributed by atoms with Crippen molar-refractivity contribution in [1.82, 2.24) is 9.29 Å². The highest BCUT2D eigenvalue weighted by Crippen LogP contribution is 2.28. The zero-order chi connectivity index (χ0) is 21.0. The minimum atomic E-state index is -3.54. The molecule has 0 atom stereocenters. The van der Waals surface area contributed by atoms with E-state index >= 15 is 0 Å². The highest BCUT2D eigenvalue weighted by molar-refractivity contribution is 7.89. The monoisotopic (exact) mass is 433 g/mol. The van der Waals surface area contributed by atoms with Gasteiger partial charge in [-0.05, 0) is 49.7 Å². The van der Waals surface area contributed by atoms with E-state index in [1.165, 1.54) is 27.8 Å². The van der Waals surface area contributed by atoms with E-state index in [0.29, 0.717) is 28.7 Å². The number of anilines is 1. The number of amides is 1. The van der Waals surface area contributed by atoms with Crippen molar-refractivity contribution in [3.63, 3.8) is 0 Å². The first-order valence-corrected chi connectivity index (χ1v) is 11.5. The van der Waals surface area contributed by atoms with Crippen molar-refractivity contribution in [2.45, 2.75) is 31.6 Å². The Kier molecular flexibility index (Phi) is 6.51. The Balaban J connectivity index is 1.72. The molecule has 0 fully saturated rings. The van der Waals surface area contributed by atoms with Crippen molar-refractivity contribution >= 4 is 33.0 Å². The molecule has 1 N–H and O–H groups in total. The molecule has 2 heterocycles. The van der Waals surface area contributed by atoms with Crippen LogP contribution in [0, 0.1) is 6.92 Å². The summed E-state index contributed by atoms with van der Waals surface area (Å²) >= 11 is 1.38. The SMILES string of the molecule is CCCCN(C)S(=O)(=O)c1ccc(NC(=O)c2nc(-c3ccco3)sc2C)cc1. The highest BCUT2D eigenvalue weighted by Gasteiger charge is 2.21. The van der Waals surface area contributed by atoms with Gasteiger partial charge in [-0.15, -0.1) is 11.3 Å². The molecule has 0 unspecified atom stereocenters. The third kappa shape index (κ3) is 4.75. The number of hydrogen-bond acceptors (Lipinski definition) is 6. The van der Waals surface area contributed by atoms with Crippen LogP contribution in [0.4, 0.5) is 5.69 Å². The van der Waals surface area contributed by atoms with E-state index in [4.69, 9.17) is 4.42 Å². The van der Waals surface area contributed by atoms with Crippen molar-refractivity contribution in [1.29, 1.82) is 0 Å². The number of hydrogen-bond donors (Lipinski definition) is 1. The van der Waals surface area contributed by atoms with Gasteiger partial charge in [0.2, 0.25) is 10.0 Å². The molecule has 29 heavy (non-hydrogen) atoms. The molecule has 0 aliphatic carbocycles. The second kappa shape index (κ2) is 8.89. The average molecular weight is 434 g/mol. The van der Waals surface area contributed by atoms with E-state index in [-0.39, 0.29) is 10.8 Å². The van der Waals surface area contributed by atoms with Crippen LogP contribution in [0.5, 0.6) is 0 Å². The Morgan fingerprint density at radius 3 is 2.59 bits per heavy atom. The van der Waals surface area contributed by atoms with Gasteiger partial charge in [-0.25, -0.2) is 17.7 Å². The van der Waals surface area contributed by atoms with Crippen LogP contribution in [0.15, 0.2) is 52.0 Å². The lowest BCUT2D eigenvalue weighted by atomic mass is 10.3. The fraction of sp³-hybridized carbons (Fsp3) is 0.300. The number of nitrogens with zero attached hydrogens (tertiary/aromatic N) is 2. The maximum Gasteiger partial charge on any atom is 0.275 e. The maximum atomic E-state index is 12.6. The predicted octanol–water partition coefficient (Wildman–Crippen LogP) is 4.38. The molecular formula is C20H23N3O4S2. The molecule has 7 nitrogen and oxygen atoms in total. The lowest BCUT2D eigenvalue weighted by Crippen LogP contribution is -2.27. The number of rotatable bonds is 8. The van der Waals surface area contributed by atoms with E-state index < -0.39 is 10.0 Å². The van der Waals surface area contributed by atoms with E-state index in [1.54, 1.807) is 37.6 Å². The summed E-state index contributed by atoms with van der Waals surface area (Å²) in [5.74, 6) is 0.256. The summed E-state index contributed by atoms with van der Waals surface area (Å²) in [6.45, 7) is 4.30. The Hall–Kier alpha value is -2.49. The van der Waals surface area contributed by atoms with Crippen LogP contribution < -0.4 is 5.32 Å². The highest BCUT2D eigenvalue weighted by atomic mass is 32.2. The molecule has 154 valence electrons. The molecule has 1 aromatic carbocycles. The van der Waals surface area contributed by atoms with Gasteiger partial charge < -0.3 is 9.73 Å². The summed E-state index contributed by atoms with van der Waals surface area (Å²) in [7, 11) is -1.97. The maximum absolute atomic E-state index is 12.6. The molecule has 3 aromatic rings. The van der Waals surface area contributed by atoms with Gasteiger partial charge in [-0.1, -0.05) is 13.3 Å².